The number of amides is 2. The number of piperazine rings is 1. The number of hydrogen-bond acceptors (Lipinski definition) is 3. The highest BCUT2D eigenvalue weighted by atomic mass is 16.2. The van der Waals surface area contributed by atoms with Crippen LogP contribution in [0.1, 0.15) is 19.8 Å². The van der Waals surface area contributed by atoms with Crippen molar-refractivity contribution in [2.75, 3.05) is 46.3 Å². The minimum absolute atomic E-state index is 0.105. The molecule has 0 spiro atoms. The van der Waals surface area contributed by atoms with Crippen molar-refractivity contribution in [1.29, 1.82) is 0 Å². The predicted octanol–water partition coefficient (Wildman–Crippen LogP) is 0.0189. The van der Waals surface area contributed by atoms with Crippen molar-refractivity contribution in [2.45, 2.75) is 19.8 Å². The summed E-state index contributed by atoms with van der Waals surface area (Å²) in [6, 6.07) is 0. The van der Waals surface area contributed by atoms with Gasteiger partial charge in [0.1, 0.15) is 0 Å². The lowest BCUT2D eigenvalue weighted by Crippen LogP contribution is -2.50. The zero-order chi connectivity index (χ0) is 13.1. The molecule has 2 rings (SSSR count). The van der Waals surface area contributed by atoms with Crippen molar-refractivity contribution in [3.8, 4) is 0 Å². The van der Waals surface area contributed by atoms with E-state index in [1.807, 2.05) is 11.8 Å². The Bertz CT molecular complexity index is 324. The normalized spacial score (nSPS) is 25.9. The number of carbonyl (C=O) groups excluding carboxylic acids is 2. The highest BCUT2D eigenvalue weighted by molar-refractivity contribution is 5.87. The zero-order valence-electron chi connectivity index (χ0n) is 11.4. The molecule has 0 radical (unpaired) electrons. The summed E-state index contributed by atoms with van der Waals surface area (Å²) in [6.07, 6.45) is 1.80. The first kappa shape index (κ1) is 13.3. The number of nitrogens with zero attached hydrogens (tertiary/aromatic N) is 3. The van der Waals surface area contributed by atoms with Crippen LogP contribution in [0.3, 0.4) is 0 Å². The maximum atomic E-state index is 12.1. The van der Waals surface area contributed by atoms with E-state index in [1.54, 1.807) is 4.90 Å². The van der Waals surface area contributed by atoms with Crippen molar-refractivity contribution in [3.05, 3.63) is 0 Å². The second-order valence-corrected chi connectivity index (χ2v) is 5.34. The van der Waals surface area contributed by atoms with Gasteiger partial charge < -0.3 is 14.7 Å². The molecule has 2 saturated heterocycles. The van der Waals surface area contributed by atoms with E-state index in [2.05, 4.69) is 11.9 Å². The van der Waals surface area contributed by atoms with E-state index in [1.165, 1.54) is 0 Å². The Labute approximate surface area is 109 Å². The first-order valence-corrected chi connectivity index (χ1v) is 6.87. The molecule has 0 aromatic rings. The van der Waals surface area contributed by atoms with E-state index in [9.17, 15) is 9.59 Å². The summed E-state index contributed by atoms with van der Waals surface area (Å²) >= 11 is 0. The standard InChI is InChI=1S/C13H23N3O2/c1-3-11-4-5-16(13(11)18)10-12(17)15-8-6-14(2)7-9-15/h11H,3-10H2,1-2H3/t11-/m1/s1. The summed E-state index contributed by atoms with van der Waals surface area (Å²) in [4.78, 5) is 29.9. The third-order valence-electron chi connectivity index (χ3n) is 4.08. The van der Waals surface area contributed by atoms with E-state index in [0.29, 0.717) is 0 Å². The number of carbonyl (C=O) groups is 2. The van der Waals surface area contributed by atoms with Crippen LogP contribution in [-0.2, 0) is 9.59 Å². The van der Waals surface area contributed by atoms with Crippen molar-refractivity contribution < 1.29 is 9.59 Å². The van der Waals surface area contributed by atoms with Crippen molar-refractivity contribution in [1.82, 2.24) is 14.7 Å². The van der Waals surface area contributed by atoms with Crippen molar-refractivity contribution >= 4 is 11.8 Å². The molecular weight excluding hydrogens is 230 g/mol. The van der Waals surface area contributed by atoms with Gasteiger partial charge >= 0.3 is 0 Å². The molecule has 0 saturated carbocycles. The van der Waals surface area contributed by atoms with Gasteiger partial charge in [-0.2, -0.15) is 0 Å². The van der Waals surface area contributed by atoms with Gasteiger partial charge in [0.05, 0.1) is 6.54 Å². The second kappa shape index (κ2) is 5.69. The Morgan fingerprint density at radius 3 is 2.44 bits per heavy atom. The zero-order valence-corrected chi connectivity index (χ0v) is 11.4. The Morgan fingerprint density at radius 2 is 1.89 bits per heavy atom. The van der Waals surface area contributed by atoms with Gasteiger partial charge in [-0.15, -0.1) is 0 Å². The summed E-state index contributed by atoms with van der Waals surface area (Å²) in [5.74, 6) is 0.415. The second-order valence-electron chi connectivity index (χ2n) is 5.34. The molecule has 2 heterocycles. The predicted molar refractivity (Wildman–Crippen MR) is 69.1 cm³/mol. The molecule has 1 atom stereocenters. The van der Waals surface area contributed by atoms with Gasteiger partial charge in [-0.3, -0.25) is 9.59 Å². The average Bonchev–Trinajstić information content (AvgIpc) is 2.71. The first-order chi connectivity index (χ1) is 8.61. The topological polar surface area (TPSA) is 43.9 Å². The summed E-state index contributed by atoms with van der Waals surface area (Å²) in [7, 11) is 2.07. The monoisotopic (exact) mass is 253 g/mol. The molecule has 0 unspecified atom stereocenters. The molecule has 2 aliphatic rings. The first-order valence-electron chi connectivity index (χ1n) is 6.87. The fourth-order valence-electron chi connectivity index (χ4n) is 2.66. The maximum absolute atomic E-state index is 12.1. The fourth-order valence-corrected chi connectivity index (χ4v) is 2.66. The minimum atomic E-state index is 0.105. The quantitative estimate of drug-likeness (QED) is 0.712. The number of likely N-dealkylation sites (N-methyl/N-ethyl adjacent to an activating group) is 1. The van der Waals surface area contributed by atoms with Crippen molar-refractivity contribution in [2.24, 2.45) is 5.92 Å². The molecule has 2 fully saturated rings. The number of rotatable bonds is 3. The molecule has 0 aromatic heterocycles. The van der Waals surface area contributed by atoms with Gasteiger partial charge in [0, 0.05) is 38.6 Å². The minimum Gasteiger partial charge on any atom is -0.339 e. The van der Waals surface area contributed by atoms with Crippen LogP contribution >= 0.6 is 0 Å². The third kappa shape index (κ3) is 2.83. The van der Waals surface area contributed by atoms with Crippen molar-refractivity contribution in [3.63, 3.8) is 0 Å². The van der Waals surface area contributed by atoms with Gasteiger partial charge in [0.15, 0.2) is 0 Å². The third-order valence-corrected chi connectivity index (χ3v) is 4.08. The lowest BCUT2D eigenvalue weighted by Gasteiger charge is -2.33. The summed E-state index contributed by atoms with van der Waals surface area (Å²) in [5.41, 5.74) is 0. The van der Waals surface area contributed by atoms with Crippen LogP contribution in [0.4, 0.5) is 0 Å². The van der Waals surface area contributed by atoms with E-state index in [0.717, 1.165) is 45.6 Å². The molecule has 0 N–H and O–H groups in total. The highest BCUT2D eigenvalue weighted by Gasteiger charge is 2.32. The molecule has 2 aliphatic heterocycles. The van der Waals surface area contributed by atoms with Crippen LogP contribution in [-0.4, -0.2) is 72.8 Å². The summed E-state index contributed by atoms with van der Waals surface area (Å²) in [5, 5.41) is 0. The Balaban J connectivity index is 1.83. The maximum Gasteiger partial charge on any atom is 0.242 e. The molecule has 2 amide bonds. The van der Waals surface area contributed by atoms with Crippen LogP contribution in [0, 0.1) is 5.92 Å². The van der Waals surface area contributed by atoms with Gasteiger partial charge in [0.25, 0.3) is 0 Å². The lowest BCUT2D eigenvalue weighted by atomic mass is 10.1. The molecule has 0 aromatic carbocycles. The number of hydrogen-bond donors (Lipinski definition) is 0. The Hall–Kier alpha value is -1.10. The van der Waals surface area contributed by atoms with E-state index >= 15 is 0 Å². The Kier molecular flexibility index (Phi) is 4.22. The lowest BCUT2D eigenvalue weighted by molar-refractivity contribution is -0.140. The Morgan fingerprint density at radius 1 is 1.22 bits per heavy atom. The molecular formula is C13H23N3O2. The summed E-state index contributed by atoms with van der Waals surface area (Å²) in [6.45, 7) is 6.49. The smallest absolute Gasteiger partial charge is 0.242 e. The van der Waals surface area contributed by atoms with Crippen LogP contribution in [0.2, 0.25) is 0 Å². The van der Waals surface area contributed by atoms with Gasteiger partial charge in [-0.1, -0.05) is 6.92 Å². The molecule has 5 nitrogen and oxygen atoms in total. The van der Waals surface area contributed by atoms with Crippen LogP contribution < -0.4 is 0 Å². The van der Waals surface area contributed by atoms with E-state index in [4.69, 9.17) is 0 Å². The van der Waals surface area contributed by atoms with Gasteiger partial charge in [-0.05, 0) is 19.9 Å². The highest BCUT2D eigenvalue weighted by Crippen LogP contribution is 2.20. The molecule has 18 heavy (non-hydrogen) atoms. The van der Waals surface area contributed by atoms with Crippen LogP contribution in [0.25, 0.3) is 0 Å². The van der Waals surface area contributed by atoms with Crippen LogP contribution in [0.5, 0.6) is 0 Å². The molecule has 102 valence electrons. The van der Waals surface area contributed by atoms with Gasteiger partial charge in [-0.25, -0.2) is 0 Å². The molecule has 5 heteroatoms. The largest absolute Gasteiger partial charge is 0.339 e. The van der Waals surface area contributed by atoms with E-state index < -0.39 is 0 Å². The molecule has 0 aliphatic carbocycles. The number of likely N-dealkylation sites (tertiary alicyclic amines) is 1. The molecule has 0 bridgehead atoms. The van der Waals surface area contributed by atoms with Gasteiger partial charge in [0.2, 0.25) is 11.8 Å². The van der Waals surface area contributed by atoms with Crippen LogP contribution in [0.15, 0.2) is 0 Å². The van der Waals surface area contributed by atoms with E-state index in [-0.39, 0.29) is 24.3 Å². The SMILES string of the molecule is CC[C@@H]1CCN(CC(=O)N2CCN(C)CC2)C1=O. The fraction of sp³-hybridized carbons (Fsp3) is 0.846. The summed E-state index contributed by atoms with van der Waals surface area (Å²) < 4.78 is 0. The average molecular weight is 253 g/mol.